The number of halogens is 1. The molecule has 1 aromatic heterocycles. The molecule has 0 spiro atoms. The minimum atomic E-state index is 0. The van der Waals surface area contributed by atoms with Gasteiger partial charge in [0.25, 0.3) is 0 Å². The molecule has 1 aromatic rings. The number of aromatic nitrogens is 2. The lowest BCUT2D eigenvalue weighted by Gasteiger charge is -2.27. The van der Waals surface area contributed by atoms with Crippen LogP contribution in [0.5, 0.6) is 0 Å². The largest absolute Gasteiger partial charge is 0.317 e. The molecular weight excluding hydrogens is 260 g/mol. The van der Waals surface area contributed by atoms with Crippen LogP contribution < -0.4 is 5.32 Å². The minimum Gasteiger partial charge on any atom is -0.317 e. The van der Waals surface area contributed by atoms with Crippen molar-refractivity contribution in [2.45, 2.75) is 25.2 Å². The topological polar surface area (TPSA) is 33.1 Å². The van der Waals surface area contributed by atoms with Crippen LogP contribution in [0.15, 0.2) is 12.4 Å². The third kappa shape index (κ3) is 3.71. The van der Waals surface area contributed by atoms with Crippen molar-refractivity contribution in [3.8, 4) is 0 Å². The minimum absolute atomic E-state index is 0. The van der Waals surface area contributed by atoms with Crippen LogP contribution >= 0.6 is 12.4 Å². The Hall–Kier alpha value is -0.580. The highest BCUT2D eigenvalue weighted by Crippen LogP contribution is 2.28. The third-order valence-electron chi connectivity index (χ3n) is 4.44. The summed E-state index contributed by atoms with van der Waals surface area (Å²) in [5.74, 6) is 1.62. The first-order valence-corrected chi connectivity index (χ1v) is 7.23. The molecule has 1 N–H and O–H groups in total. The van der Waals surface area contributed by atoms with E-state index in [1.54, 1.807) is 0 Å². The second-order valence-electron chi connectivity index (χ2n) is 5.89. The predicted molar refractivity (Wildman–Crippen MR) is 79.8 cm³/mol. The van der Waals surface area contributed by atoms with Gasteiger partial charge in [-0.05, 0) is 50.4 Å². The highest BCUT2D eigenvalue weighted by atomic mass is 35.5. The number of hydrogen-bond acceptors (Lipinski definition) is 3. The maximum Gasteiger partial charge on any atom is 0.0524 e. The number of nitrogens with one attached hydrogen (secondary N) is 1. The molecule has 1 atom stereocenters. The fourth-order valence-corrected chi connectivity index (χ4v) is 3.35. The number of nitrogens with zero attached hydrogens (tertiary/aromatic N) is 3. The summed E-state index contributed by atoms with van der Waals surface area (Å²) in [6.45, 7) is 6.23. The summed E-state index contributed by atoms with van der Waals surface area (Å²) in [4.78, 5) is 2.66. The second-order valence-corrected chi connectivity index (χ2v) is 5.89. The molecular formula is C14H25ClN4. The van der Waals surface area contributed by atoms with E-state index < -0.39 is 0 Å². The van der Waals surface area contributed by atoms with Crippen LogP contribution in [-0.2, 0) is 7.05 Å². The Balaban J connectivity index is 0.00000133. The maximum absolute atomic E-state index is 4.29. The van der Waals surface area contributed by atoms with Crippen molar-refractivity contribution in [2.24, 2.45) is 13.0 Å². The van der Waals surface area contributed by atoms with Crippen molar-refractivity contribution < 1.29 is 0 Å². The molecule has 0 radical (unpaired) electrons. The molecule has 2 aliphatic rings. The number of aryl methyl sites for hydroxylation is 1. The van der Waals surface area contributed by atoms with Gasteiger partial charge < -0.3 is 10.2 Å². The molecule has 2 aliphatic heterocycles. The van der Waals surface area contributed by atoms with E-state index in [1.165, 1.54) is 57.5 Å². The normalized spacial score (nSPS) is 25.4. The van der Waals surface area contributed by atoms with Crippen molar-refractivity contribution in [3.05, 3.63) is 18.0 Å². The first kappa shape index (κ1) is 14.8. The highest BCUT2D eigenvalue weighted by molar-refractivity contribution is 5.85. The summed E-state index contributed by atoms with van der Waals surface area (Å²) in [6, 6.07) is 0. The van der Waals surface area contributed by atoms with Gasteiger partial charge in [-0.2, -0.15) is 5.10 Å². The first-order chi connectivity index (χ1) is 8.81. The van der Waals surface area contributed by atoms with E-state index >= 15 is 0 Å². The summed E-state index contributed by atoms with van der Waals surface area (Å²) in [5.41, 5.74) is 1.42. The van der Waals surface area contributed by atoms with Gasteiger partial charge in [0.1, 0.15) is 0 Å². The molecule has 0 aliphatic carbocycles. The van der Waals surface area contributed by atoms with Gasteiger partial charge in [-0.1, -0.05) is 0 Å². The number of hydrogen-bond donors (Lipinski definition) is 1. The van der Waals surface area contributed by atoms with E-state index in [9.17, 15) is 0 Å². The Morgan fingerprint density at radius 1 is 1.32 bits per heavy atom. The third-order valence-corrected chi connectivity index (χ3v) is 4.44. The van der Waals surface area contributed by atoms with Gasteiger partial charge in [-0.15, -0.1) is 12.4 Å². The van der Waals surface area contributed by atoms with Crippen molar-refractivity contribution >= 4 is 12.4 Å². The molecule has 4 nitrogen and oxygen atoms in total. The van der Waals surface area contributed by atoms with E-state index in [0.717, 1.165) is 5.92 Å². The van der Waals surface area contributed by atoms with Crippen LogP contribution in [0.2, 0.25) is 0 Å². The van der Waals surface area contributed by atoms with E-state index in [-0.39, 0.29) is 12.4 Å². The highest BCUT2D eigenvalue weighted by Gasteiger charge is 2.26. The van der Waals surface area contributed by atoms with Gasteiger partial charge in [0, 0.05) is 32.3 Å². The van der Waals surface area contributed by atoms with Crippen molar-refractivity contribution in [1.29, 1.82) is 0 Å². The zero-order chi connectivity index (χ0) is 12.4. The smallest absolute Gasteiger partial charge is 0.0524 e. The Morgan fingerprint density at radius 3 is 2.79 bits per heavy atom. The van der Waals surface area contributed by atoms with Crippen molar-refractivity contribution in [3.63, 3.8) is 0 Å². The molecule has 2 fully saturated rings. The Bertz CT molecular complexity index is 387. The van der Waals surface area contributed by atoms with Crippen LogP contribution in [0.4, 0.5) is 0 Å². The Kier molecular flexibility index (Phi) is 5.25. The Labute approximate surface area is 122 Å². The quantitative estimate of drug-likeness (QED) is 0.916. The number of piperidine rings is 1. The molecule has 0 aromatic carbocycles. The van der Waals surface area contributed by atoms with Crippen LogP contribution in [0.25, 0.3) is 0 Å². The molecule has 0 amide bonds. The summed E-state index contributed by atoms with van der Waals surface area (Å²) in [6.07, 6.45) is 8.23. The monoisotopic (exact) mass is 284 g/mol. The molecule has 19 heavy (non-hydrogen) atoms. The molecule has 108 valence electrons. The van der Waals surface area contributed by atoms with Crippen molar-refractivity contribution in [2.75, 3.05) is 32.7 Å². The summed E-state index contributed by atoms with van der Waals surface area (Å²) < 4.78 is 1.92. The number of likely N-dealkylation sites (tertiary alicyclic amines) is 1. The van der Waals surface area contributed by atoms with E-state index in [1.807, 2.05) is 17.9 Å². The van der Waals surface area contributed by atoms with Crippen LogP contribution in [0, 0.1) is 5.92 Å². The van der Waals surface area contributed by atoms with Gasteiger partial charge >= 0.3 is 0 Å². The van der Waals surface area contributed by atoms with Gasteiger partial charge in [-0.3, -0.25) is 4.68 Å². The van der Waals surface area contributed by atoms with E-state index in [2.05, 4.69) is 21.5 Å². The van der Waals surface area contributed by atoms with Crippen molar-refractivity contribution in [1.82, 2.24) is 20.0 Å². The predicted octanol–water partition coefficient (Wildman–Crippen LogP) is 1.63. The molecule has 3 rings (SSSR count). The first-order valence-electron chi connectivity index (χ1n) is 7.23. The lowest BCUT2D eigenvalue weighted by atomic mass is 9.97. The fourth-order valence-electron chi connectivity index (χ4n) is 3.35. The SMILES string of the molecule is Cl.Cn1cc(C2CCN(CC3CCNCC3)C2)cn1. The van der Waals surface area contributed by atoms with Gasteiger partial charge in [0.15, 0.2) is 0 Å². The average molecular weight is 285 g/mol. The van der Waals surface area contributed by atoms with Gasteiger partial charge in [-0.25, -0.2) is 0 Å². The molecule has 3 heterocycles. The molecule has 5 heteroatoms. The molecule has 0 bridgehead atoms. The standard InChI is InChI=1S/C14H24N4.ClH/c1-17-10-14(8-16-17)13-4-7-18(11-13)9-12-2-5-15-6-3-12;/h8,10,12-13,15H,2-7,9,11H2,1H3;1H. The number of rotatable bonds is 3. The average Bonchev–Trinajstić information content (AvgIpc) is 2.99. The second kappa shape index (κ2) is 6.73. The molecule has 1 unspecified atom stereocenters. The lowest BCUT2D eigenvalue weighted by molar-refractivity contribution is 0.239. The van der Waals surface area contributed by atoms with Gasteiger partial charge in [0.05, 0.1) is 6.20 Å². The fraction of sp³-hybridized carbons (Fsp3) is 0.786. The summed E-state index contributed by atoms with van der Waals surface area (Å²) in [7, 11) is 2.01. The summed E-state index contributed by atoms with van der Waals surface area (Å²) >= 11 is 0. The lowest BCUT2D eigenvalue weighted by Crippen LogP contribution is -2.35. The zero-order valence-electron chi connectivity index (χ0n) is 11.7. The van der Waals surface area contributed by atoms with Crippen LogP contribution in [0.1, 0.15) is 30.7 Å². The molecule has 2 saturated heterocycles. The van der Waals surface area contributed by atoms with Crippen LogP contribution in [0.3, 0.4) is 0 Å². The zero-order valence-corrected chi connectivity index (χ0v) is 12.5. The van der Waals surface area contributed by atoms with Crippen LogP contribution in [-0.4, -0.2) is 47.4 Å². The van der Waals surface area contributed by atoms with E-state index in [0.29, 0.717) is 5.92 Å². The van der Waals surface area contributed by atoms with Gasteiger partial charge in [0.2, 0.25) is 0 Å². The van der Waals surface area contributed by atoms with E-state index in [4.69, 9.17) is 0 Å². The Morgan fingerprint density at radius 2 is 2.11 bits per heavy atom. The molecule has 0 saturated carbocycles. The summed E-state index contributed by atoms with van der Waals surface area (Å²) in [5, 5.41) is 7.74. The maximum atomic E-state index is 4.29.